The molecule has 1 unspecified atom stereocenters. The number of pyridine rings is 2. The first-order valence-electron chi connectivity index (χ1n) is 13.6. The zero-order chi connectivity index (χ0) is 29.7. The third kappa shape index (κ3) is 7.36. The summed E-state index contributed by atoms with van der Waals surface area (Å²) in [7, 11) is 0. The van der Waals surface area contributed by atoms with Crippen LogP contribution in [0.5, 0.6) is 5.88 Å². The number of hydrogen-bond donors (Lipinski definition) is 1. The SMILES string of the molecule is C/C(=C\CNC(=O)c1c(C)cc[n+]([O-])c1C)N1CCC(C(Oc2cccc(C)n2)c2ccc(C(F)(F)F)cc2)CC1. The first-order chi connectivity index (χ1) is 19.4. The lowest BCUT2D eigenvalue weighted by Gasteiger charge is -2.37. The molecular weight excluding hydrogens is 533 g/mol. The molecule has 0 spiro atoms. The van der Waals surface area contributed by atoms with E-state index in [1.54, 1.807) is 26.0 Å². The van der Waals surface area contributed by atoms with E-state index >= 15 is 0 Å². The molecule has 4 rings (SSSR count). The van der Waals surface area contributed by atoms with Gasteiger partial charge in [-0.2, -0.15) is 17.9 Å². The predicted molar refractivity (Wildman–Crippen MR) is 149 cm³/mol. The molecule has 7 nitrogen and oxygen atoms in total. The molecule has 0 aliphatic carbocycles. The summed E-state index contributed by atoms with van der Waals surface area (Å²) in [6.07, 6.45) is 0.00998. The highest BCUT2D eigenvalue weighted by molar-refractivity contribution is 5.96. The van der Waals surface area contributed by atoms with Crippen LogP contribution >= 0.6 is 0 Å². The highest BCUT2D eigenvalue weighted by Crippen LogP contribution is 2.37. The second-order valence-electron chi connectivity index (χ2n) is 10.4. The Balaban J connectivity index is 1.41. The molecule has 3 aromatic rings. The van der Waals surface area contributed by atoms with Crippen LogP contribution in [0.1, 0.15) is 64.3 Å². The van der Waals surface area contributed by atoms with Gasteiger partial charge in [0.15, 0.2) is 6.20 Å². The molecule has 0 radical (unpaired) electrons. The number of halogens is 3. The number of nitrogens with zero attached hydrogens (tertiary/aromatic N) is 3. The fourth-order valence-electron chi connectivity index (χ4n) is 5.19. The van der Waals surface area contributed by atoms with Gasteiger partial charge in [0.1, 0.15) is 11.7 Å². The van der Waals surface area contributed by atoms with Gasteiger partial charge in [-0.1, -0.05) is 18.2 Å². The summed E-state index contributed by atoms with van der Waals surface area (Å²) in [6.45, 7) is 9.04. The lowest BCUT2D eigenvalue weighted by atomic mass is 9.86. The number of aryl methyl sites for hydroxylation is 2. The lowest BCUT2D eigenvalue weighted by molar-refractivity contribution is -0.612. The molecule has 1 fully saturated rings. The van der Waals surface area contributed by atoms with Crippen LogP contribution in [-0.2, 0) is 6.18 Å². The minimum Gasteiger partial charge on any atom is -0.618 e. The monoisotopic (exact) mass is 568 g/mol. The average molecular weight is 569 g/mol. The van der Waals surface area contributed by atoms with E-state index in [4.69, 9.17) is 4.74 Å². The van der Waals surface area contributed by atoms with E-state index in [0.717, 1.165) is 55.0 Å². The molecule has 10 heteroatoms. The van der Waals surface area contributed by atoms with E-state index in [-0.39, 0.29) is 11.8 Å². The van der Waals surface area contributed by atoms with Gasteiger partial charge in [-0.05, 0) is 69.0 Å². The van der Waals surface area contributed by atoms with Gasteiger partial charge in [0, 0.05) is 56.0 Å². The number of benzene rings is 1. The zero-order valence-corrected chi connectivity index (χ0v) is 23.7. The van der Waals surface area contributed by atoms with E-state index in [1.807, 2.05) is 32.1 Å². The first-order valence-corrected chi connectivity index (χ1v) is 13.6. The molecule has 2 aromatic heterocycles. The van der Waals surface area contributed by atoms with Crippen LogP contribution in [0.2, 0.25) is 0 Å². The number of amides is 1. The van der Waals surface area contributed by atoms with Gasteiger partial charge in [-0.3, -0.25) is 4.79 Å². The number of hydrogen-bond acceptors (Lipinski definition) is 5. The fourth-order valence-corrected chi connectivity index (χ4v) is 5.19. The zero-order valence-electron chi connectivity index (χ0n) is 23.7. The van der Waals surface area contributed by atoms with Crippen LogP contribution in [0, 0.1) is 31.9 Å². The van der Waals surface area contributed by atoms with Crippen molar-refractivity contribution >= 4 is 5.91 Å². The molecule has 1 amide bonds. The van der Waals surface area contributed by atoms with Crippen molar-refractivity contribution in [3.63, 3.8) is 0 Å². The summed E-state index contributed by atoms with van der Waals surface area (Å²) in [5, 5.41) is 14.8. The van der Waals surface area contributed by atoms with Crippen molar-refractivity contribution in [1.82, 2.24) is 15.2 Å². The fraction of sp³-hybridized carbons (Fsp3) is 0.387. The normalized spacial score (nSPS) is 15.5. The van der Waals surface area contributed by atoms with Crippen LogP contribution in [0.25, 0.3) is 0 Å². The third-order valence-corrected chi connectivity index (χ3v) is 7.58. The number of aromatic nitrogens is 2. The van der Waals surface area contributed by atoms with E-state index in [1.165, 1.54) is 18.3 Å². The number of ether oxygens (including phenoxy) is 1. The van der Waals surface area contributed by atoms with Crippen LogP contribution in [-0.4, -0.2) is 35.4 Å². The molecule has 1 atom stereocenters. The van der Waals surface area contributed by atoms with Crippen molar-refractivity contribution in [3.05, 3.63) is 105 Å². The van der Waals surface area contributed by atoms with Crippen LogP contribution in [0.15, 0.2) is 66.5 Å². The van der Waals surface area contributed by atoms with Gasteiger partial charge in [0.05, 0.1) is 5.56 Å². The van der Waals surface area contributed by atoms with Crippen LogP contribution in [0.3, 0.4) is 0 Å². The number of alkyl halides is 3. The van der Waals surface area contributed by atoms with E-state index < -0.39 is 17.8 Å². The van der Waals surface area contributed by atoms with Crippen molar-refractivity contribution in [2.75, 3.05) is 19.6 Å². The third-order valence-electron chi connectivity index (χ3n) is 7.58. The lowest BCUT2D eigenvalue weighted by Crippen LogP contribution is -2.37. The Bertz CT molecular complexity index is 1400. The maximum atomic E-state index is 13.2. The minimum atomic E-state index is -4.40. The van der Waals surface area contributed by atoms with Gasteiger partial charge in [-0.15, -0.1) is 0 Å². The molecule has 0 bridgehead atoms. The minimum absolute atomic E-state index is 0.0700. The molecule has 218 valence electrons. The number of rotatable bonds is 8. The summed E-state index contributed by atoms with van der Waals surface area (Å²) >= 11 is 0. The van der Waals surface area contributed by atoms with Crippen molar-refractivity contribution in [1.29, 1.82) is 0 Å². The van der Waals surface area contributed by atoms with Crippen molar-refractivity contribution in [2.24, 2.45) is 5.92 Å². The number of allylic oxidation sites excluding steroid dienone is 1. The van der Waals surface area contributed by atoms with E-state index in [2.05, 4.69) is 15.2 Å². The number of likely N-dealkylation sites (tertiary alicyclic amines) is 1. The van der Waals surface area contributed by atoms with Gasteiger partial charge < -0.3 is 20.2 Å². The Kier molecular flexibility index (Phi) is 9.20. The molecule has 1 N–H and O–H groups in total. The summed E-state index contributed by atoms with van der Waals surface area (Å²) in [4.78, 5) is 19.4. The Morgan fingerprint density at radius 1 is 1.15 bits per heavy atom. The van der Waals surface area contributed by atoms with Gasteiger partial charge in [-0.25, -0.2) is 4.98 Å². The summed E-state index contributed by atoms with van der Waals surface area (Å²) in [6, 6.07) is 12.3. The molecular formula is C31H35F3N4O3. The number of carbonyl (C=O) groups is 1. The standard InChI is InChI=1S/C31H35F3N4O3/c1-20-13-19-38(40)23(4)28(20)30(39)35-16-12-22(3)37-17-14-25(15-18-37)29(41-27-7-5-6-21(2)36-27)24-8-10-26(11-9-24)31(32,33)34/h5-13,19,25,29H,14-18H2,1-4H3,(H,35,39)/b22-12+. The molecule has 3 heterocycles. The summed E-state index contributed by atoms with van der Waals surface area (Å²) in [5.41, 5.74) is 3.27. The molecule has 1 saturated heterocycles. The highest BCUT2D eigenvalue weighted by Gasteiger charge is 2.33. The second kappa shape index (κ2) is 12.6. The van der Waals surface area contributed by atoms with Gasteiger partial charge in [0.2, 0.25) is 11.6 Å². The van der Waals surface area contributed by atoms with Crippen molar-refractivity contribution < 1.29 is 27.4 Å². The van der Waals surface area contributed by atoms with Crippen molar-refractivity contribution in [2.45, 2.75) is 52.8 Å². The Labute approximate surface area is 238 Å². The first kappa shape index (κ1) is 29.9. The van der Waals surface area contributed by atoms with Crippen LogP contribution < -0.4 is 14.8 Å². The van der Waals surface area contributed by atoms with Gasteiger partial charge >= 0.3 is 6.18 Å². The average Bonchev–Trinajstić information content (AvgIpc) is 2.94. The quantitative estimate of drug-likeness (QED) is 0.273. The number of nitrogens with one attached hydrogen (secondary N) is 1. The molecule has 1 aliphatic rings. The molecule has 1 aromatic carbocycles. The number of carbonyl (C=O) groups excluding carboxylic acids is 1. The van der Waals surface area contributed by atoms with Gasteiger partial charge in [0.25, 0.3) is 5.91 Å². The molecule has 0 saturated carbocycles. The highest BCUT2D eigenvalue weighted by atomic mass is 19.4. The smallest absolute Gasteiger partial charge is 0.416 e. The van der Waals surface area contributed by atoms with E-state index in [9.17, 15) is 23.2 Å². The predicted octanol–water partition coefficient (Wildman–Crippen LogP) is 5.82. The van der Waals surface area contributed by atoms with Crippen molar-refractivity contribution in [3.8, 4) is 5.88 Å². The maximum Gasteiger partial charge on any atom is 0.416 e. The van der Waals surface area contributed by atoms with Crippen LogP contribution in [0.4, 0.5) is 13.2 Å². The molecule has 1 aliphatic heterocycles. The summed E-state index contributed by atoms with van der Waals surface area (Å²) < 4.78 is 46.5. The summed E-state index contributed by atoms with van der Waals surface area (Å²) in [5.74, 6) is 0.213. The Morgan fingerprint density at radius 2 is 1.83 bits per heavy atom. The maximum absolute atomic E-state index is 13.2. The van der Waals surface area contributed by atoms with E-state index in [0.29, 0.717) is 34.0 Å². The Hall–Kier alpha value is -4.08. The second-order valence-corrected chi connectivity index (χ2v) is 10.4. The largest absolute Gasteiger partial charge is 0.618 e. The Morgan fingerprint density at radius 3 is 2.46 bits per heavy atom. The number of piperidine rings is 1. The topological polar surface area (TPSA) is 81.4 Å². The molecule has 41 heavy (non-hydrogen) atoms.